The highest BCUT2D eigenvalue weighted by Gasteiger charge is 2.31. The van der Waals surface area contributed by atoms with E-state index < -0.39 is 0 Å². The number of carbonyl (C=O) groups is 2. The van der Waals surface area contributed by atoms with E-state index in [4.69, 9.17) is 21.3 Å². The van der Waals surface area contributed by atoms with Gasteiger partial charge in [-0.25, -0.2) is 9.78 Å². The monoisotopic (exact) mass is 494 g/mol. The molecule has 1 saturated heterocycles. The van der Waals surface area contributed by atoms with Crippen LogP contribution >= 0.6 is 11.6 Å². The quantitative estimate of drug-likeness (QED) is 0.523. The molecule has 0 saturated carbocycles. The van der Waals surface area contributed by atoms with Gasteiger partial charge in [0.05, 0.1) is 22.8 Å². The highest BCUT2D eigenvalue weighted by atomic mass is 35.5. The van der Waals surface area contributed by atoms with Gasteiger partial charge in [0, 0.05) is 48.7 Å². The van der Waals surface area contributed by atoms with Crippen molar-refractivity contribution in [2.75, 3.05) is 33.3 Å². The van der Waals surface area contributed by atoms with Gasteiger partial charge in [-0.15, -0.1) is 0 Å². The number of benzene rings is 2. The standard InChI is InChI=1S/C27H31ClN4O3/c1-4-13-35-27(34)32-12-11-31(17-18(32)2)26(33)21-9-10-22-23(28)15-24(30-25(22)14-21)20-7-5-19(6-8-20)16-29-3/h5-10,14-15,18,29H,4,11-13,16-17H2,1-3H3/t18-/m1/s1. The minimum Gasteiger partial charge on any atom is -0.449 e. The molecular weight excluding hydrogens is 464 g/mol. The number of rotatable bonds is 6. The number of nitrogens with one attached hydrogen (secondary N) is 1. The number of hydrogen-bond acceptors (Lipinski definition) is 5. The van der Waals surface area contributed by atoms with Gasteiger partial charge >= 0.3 is 6.09 Å². The highest BCUT2D eigenvalue weighted by molar-refractivity contribution is 6.35. The molecule has 0 radical (unpaired) electrons. The zero-order valence-corrected chi connectivity index (χ0v) is 21.1. The first-order valence-corrected chi connectivity index (χ1v) is 12.4. The molecule has 1 aliphatic heterocycles. The molecule has 1 aliphatic rings. The third kappa shape index (κ3) is 5.57. The normalized spacial score (nSPS) is 15.9. The largest absolute Gasteiger partial charge is 0.449 e. The maximum absolute atomic E-state index is 13.3. The summed E-state index contributed by atoms with van der Waals surface area (Å²) in [6.07, 6.45) is 0.463. The summed E-state index contributed by atoms with van der Waals surface area (Å²) in [5.41, 5.74) is 4.13. The van der Waals surface area contributed by atoms with Crippen molar-refractivity contribution in [3.05, 3.63) is 64.7 Å². The molecule has 0 bridgehead atoms. The van der Waals surface area contributed by atoms with Crippen LogP contribution in [0.3, 0.4) is 0 Å². The summed E-state index contributed by atoms with van der Waals surface area (Å²) in [5.74, 6) is -0.0833. The molecule has 1 fully saturated rings. The molecule has 1 N–H and O–H groups in total. The summed E-state index contributed by atoms with van der Waals surface area (Å²) in [6.45, 7) is 6.44. The summed E-state index contributed by atoms with van der Waals surface area (Å²) in [4.78, 5) is 33.8. The average molecular weight is 495 g/mol. The number of amides is 2. The number of fused-ring (bicyclic) bond motifs is 1. The molecule has 7 nitrogen and oxygen atoms in total. The van der Waals surface area contributed by atoms with E-state index in [-0.39, 0.29) is 18.0 Å². The number of halogens is 1. The Bertz CT molecular complexity index is 1220. The summed E-state index contributed by atoms with van der Waals surface area (Å²) in [7, 11) is 1.92. The van der Waals surface area contributed by atoms with Crippen LogP contribution in [0.5, 0.6) is 0 Å². The minimum atomic E-state index is -0.317. The number of carbonyl (C=O) groups excluding carboxylic acids is 2. The Balaban J connectivity index is 1.54. The van der Waals surface area contributed by atoms with Crippen LogP contribution in [-0.4, -0.2) is 66.1 Å². The fraction of sp³-hybridized carbons (Fsp3) is 0.370. The number of ether oxygens (including phenoxy) is 1. The molecule has 8 heteroatoms. The molecule has 0 unspecified atom stereocenters. The van der Waals surface area contributed by atoms with E-state index in [0.717, 1.165) is 29.6 Å². The second-order valence-electron chi connectivity index (χ2n) is 8.86. The molecular formula is C27H31ClN4O3. The Morgan fingerprint density at radius 3 is 2.60 bits per heavy atom. The Morgan fingerprint density at radius 2 is 1.91 bits per heavy atom. The predicted molar refractivity (Wildman–Crippen MR) is 139 cm³/mol. The van der Waals surface area contributed by atoms with Gasteiger partial charge in [-0.2, -0.15) is 0 Å². The molecule has 2 amide bonds. The summed E-state index contributed by atoms with van der Waals surface area (Å²) in [5, 5.41) is 4.54. The number of hydrogen-bond donors (Lipinski definition) is 1. The third-order valence-electron chi connectivity index (χ3n) is 6.22. The molecule has 1 atom stereocenters. The van der Waals surface area contributed by atoms with Crippen LogP contribution < -0.4 is 5.32 Å². The Kier molecular flexibility index (Phi) is 7.88. The fourth-order valence-electron chi connectivity index (χ4n) is 4.33. The van der Waals surface area contributed by atoms with Gasteiger partial charge in [0.25, 0.3) is 5.91 Å². The number of nitrogens with zero attached hydrogens (tertiary/aromatic N) is 3. The molecule has 35 heavy (non-hydrogen) atoms. The highest BCUT2D eigenvalue weighted by Crippen LogP contribution is 2.29. The molecule has 4 rings (SSSR count). The Morgan fingerprint density at radius 1 is 1.14 bits per heavy atom. The van der Waals surface area contributed by atoms with E-state index in [1.807, 2.05) is 45.2 Å². The number of pyridine rings is 1. The lowest BCUT2D eigenvalue weighted by atomic mass is 10.1. The van der Waals surface area contributed by atoms with Crippen LogP contribution in [0, 0.1) is 0 Å². The maximum Gasteiger partial charge on any atom is 0.410 e. The maximum atomic E-state index is 13.3. The van der Waals surface area contributed by atoms with Crippen LogP contribution in [-0.2, 0) is 11.3 Å². The van der Waals surface area contributed by atoms with E-state index in [1.54, 1.807) is 21.9 Å². The second-order valence-corrected chi connectivity index (χ2v) is 9.26. The molecule has 0 aliphatic carbocycles. The molecule has 3 aromatic rings. The first kappa shape index (κ1) is 24.9. The summed E-state index contributed by atoms with van der Waals surface area (Å²) in [6, 6.07) is 15.3. The van der Waals surface area contributed by atoms with Crippen LogP contribution in [0.4, 0.5) is 4.79 Å². The molecule has 1 aromatic heterocycles. The SMILES string of the molecule is CCCOC(=O)N1CCN(C(=O)c2ccc3c(Cl)cc(-c4ccc(CNC)cc4)nc3c2)C[C@H]1C. The lowest BCUT2D eigenvalue weighted by Crippen LogP contribution is -2.55. The van der Waals surface area contributed by atoms with Crippen molar-refractivity contribution in [2.24, 2.45) is 0 Å². The fourth-order valence-corrected chi connectivity index (χ4v) is 4.60. The lowest BCUT2D eigenvalue weighted by Gasteiger charge is -2.39. The van der Waals surface area contributed by atoms with Gasteiger partial charge in [0.15, 0.2) is 0 Å². The van der Waals surface area contributed by atoms with Gasteiger partial charge in [-0.05, 0) is 44.2 Å². The van der Waals surface area contributed by atoms with Gasteiger partial charge < -0.3 is 19.9 Å². The molecule has 2 heterocycles. The van der Waals surface area contributed by atoms with Gasteiger partial charge in [-0.1, -0.05) is 48.9 Å². The molecule has 0 spiro atoms. The van der Waals surface area contributed by atoms with E-state index in [0.29, 0.717) is 42.3 Å². The topological polar surface area (TPSA) is 74.8 Å². The van der Waals surface area contributed by atoms with Crippen molar-refractivity contribution in [3.63, 3.8) is 0 Å². The van der Waals surface area contributed by atoms with Gasteiger partial charge in [0.1, 0.15) is 0 Å². The van der Waals surface area contributed by atoms with E-state index >= 15 is 0 Å². The van der Waals surface area contributed by atoms with Crippen molar-refractivity contribution in [1.82, 2.24) is 20.1 Å². The van der Waals surface area contributed by atoms with Crippen molar-refractivity contribution in [1.29, 1.82) is 0 Å². The zero-order valence-electron chi connectivity index (χ0n) is 20.4. The molecule has 184 valence electrons. The smallest absolute Gasteiger partial charge is 0.410 e. The van der Waals surface area contributed by atoms with Gasteiger partial charge in [0.2, 0.25) is 0 Å². The van der Waals surface area contributed by atoms with Crippen LogP contribution in [0.15, 0.2) is 48.5 Å². The van der Waals surface area contributed by atoms with E-state index in [1.165, 1.54) is 5.56 Å². The Labute approximate surface area is 211 Å². The summed E-state index contributed by atoms with van der Waals surface area (Å²) >= 11 is 6.58. The van der Waals surface area contributed by atoms with Crippen LogP contribution in [0.25, 0.3) is 22.2 Å². The summed E-state index contributed by atoms with van der Waals surface area (Å²) < 4.78 is 5.27. The minimum absolute atomic E-state index is 0.0833. The average Bonchev–Trinajstić information content (AvgIpc) is 2.87. The van der Waals surface area contributed by atoms with Crippen molar-refractivity contribution < 1.29 is 14.3 Å². The predicted octanol–water partition coefficient (Wildman–Crippen LogP) is 4.97. The number of aromatic nitrogens is 1. The van der Waals surface area contributed by atoms with Crippen molar-refractivity contribution in [2.45, 2.75) is 32.9 Å². The van der Waals surface area contributed by atoms with Crippen molar-refractivity contribution in [3.8, 4) is 11.3 Å². The first-order chi connectivity index (χ1) is 16.9. The Hall–Kier alpha value is -3.16. The first-order valence-electron chi connectivity index (χ1n) is 12.0. The second kappa shape index (κ2) is 11.1. The third-order valence-corrected chi connectivity index (χ3v) is 6.53. The zero-order chi connectivity index (χ0) is 24.9. The van der Waals surface area contributed by atoms with Crippen LogP contribution in [0.2, 0.25) is 5.02 Å². The molecule has 2 aromatic carbocycles. The van der Waals surface area contributed by atoms with Crippen LogP contribution in [0.1, 0.15) is 36.2 Å². The van der Waals surface area contributed by atoms with E-state index in [2.05, 4.69) is 17.4 Å². The van der Waals surface area contributed by atoms with E-state index in [9.17, 15) is 9.59 Å². The van der Waals surface area contributed by atoms with Crippen molar-refractivity contribution >= 4 is 34.5 Å². The number of piperazine rings is 1. The van der Waals surface area contributed by atoms with Gasteiger partial charge in [-0.3, -0.25) is 4.79 Å². The lowest BCUT2D eigenvalue weighted by molar-refractivity contribution is 0.0412.